The van der Waals surface area contributed by atoms with Crippen LogP contribution in [0.1, 0.15) is 93.7 Å². The van der Waals surface area contributed by atoms with Crippen LogP contribution >= 0.6 is 0 Å². The molecule has 0 bridgehead atoms. The fraction of sp³-hybridized carbons (Fsp3) is 0.545. The molecule has 0 unspecified atom stereocenters. The van der Waals surface area contributed by atoms with Crippen LogP contribution in [0.15, 0.2) is 48.9 Å². The molecule has 3 aromatic rings. The van der Waals surface area contributed by atoms with Crippen LogP contribution in [-0.2, 0) is 4.79 Å². The van der Waals surface area contributed by atoms with E-state index in [-0.39, 0.29) is 11.8 Å². The monoisotopic (exact) mass is 526 g/mol. The Kier molecular flexibility index (Phi) is 7.71. The van der Waals surface area contributed by atoms with Gasteiger partial charge in [0.15, 0.2) is 0 Å². The molecular weight excluding hydrogens is 484 g/mol. The number of anilines is 1. The minimum Gasteiger partial charge on any atom is -0.496 e. The second-order valence-corrected chi connectivity index (χ2v) is 12.1. The molecule has 1 amide bonds. The number of aromatic nitrogens is 3. The van der Waals surface area contributed by atoms with Gasteiger partial charge in [0.2, 0.25) is 5.91 Å². The van der Waals surface area contributed by atoms with Crippen molar-refractivity contribution in [3.63, 3.8) is 0 Å². The first kappa shape index (κ1) is 26.1. The van der Waals surface area contributed by atoms with Gasteiger partial charge in [-0.1, -0.05) is 31.4 Å². The maximum atomic E-state index is 14.0. The van der Waals surface area contributed by atoms with Crippen molar-refractivity contribution >= 4 is 11.7 Å². The van der Waals surface area contributed by atoms with E-state index in [1.165, 1.54) is 30.4 Å². The molecule has 0 N–H and O–H groups in total. The van der Waals surface area contributed by atoms with Crippen LogP contribution in [0, 0.1) is 18.8 Å². The van der Waals surface area contributed by atoms with Gasteiger partial charge in [0, 0.05) is 30.4 Å². The van der Waals surface area contributed by atoms with E-state index in [1.54, 1.807) is 7.11 Å². The van der Waals surface area contributed by atoms with E-state index < -0.39 is 0 Å². The lowest BCUT2D eigenvalue weighted by molar-refractivity contribution is -0.123. The Bertz CT molecular complexity index is 1280. The third-order valence-electron chi connectivity index (χ3n) is 9.28. The van der Waals surface area contributed by atoms with Crippen LogP contribution in [0.4, 0.5) is 5.82 Å². The van der Waals surface area contributed by atoms with Crippen LogP contribution in [0.5, 0.6) is 5.75 Å². The Hall–Kier alpha value is -3.15. The molecule has 3 fully saturated rings. The van der Waals surface area contributed by atoms with Crippen molar-refractivity contribution < 1.29 is 9.53 Å². The number of nitrogens with zero attached hydrogens (tertiary/aromatic N) is 4. The Morgan fingerprint density at radius 1 is 0.974 bits per heavy atom. The lowest BCUT2D eigenvalue weighted by atomic mass is 9.78. The average Bonchev–Trinajstić information content (AvgIpc) is 3.72. The fourth-order valence-electron chi connectivity index (χ4n) is 6.73. The summed E-state index contributed by atoms with van der Waals surface area (Å²) in [5.74, 6) is 3.24. The zero-order valence-electron chi connectivity index (χ0n) is 23.5. The van der Waals surface area contributed by atoms with Crippen LogP contribution in [0.25, 0.3) is 11.1 Å². The van der Waals surface area contributed by atoms with Crippen molar-refractivity contribution in [3.05, 3.63) is 60.0 Å². The summed E-state index contributed by atoms with van der Waals surface area (Å²) >= 11 is 0. The number of amides is 1. The van der Waals surface area contributed by atoms with E-state index in [0.29, 0.717) is 17.9 Å². The first-order valence-corrected chi connectivity index (χ1v) is 15.1. The summed E-state index contributed by atoms with van der Waals surface area (Å²) < 4.78 is 7.55. The van der Waals surface area contributed by atoms with Crippen molar-refractivity contribution in [1.82, 2.24) is 14.8 Å². The number of carbonyl (C=O) groups is 1. The van der Waals surface area contributed by atoms with Crippen molar-refractivity contribution in [1.29, 1.82) is 0 Å². The first-order valence-electron chi connectivity index (χ1n) is 15.1. The number of methoxy groups -OCH3 is 1. The Morgan fingerprint density at radius 3 is 2.49 bits per heavy atom. The summed E-state index contributed by atoms with van der Waals surface area (Å²) in [6, 6.07) is 11.3. The van der Waals surface area contributed by atoms with Crippen LogP contribution < -0.4 is 9.64 Å². The molecule has 3 aliphatic carbocycles. The van der Waals surface area contributed by atoms with Crippen molar-refractivity contribution in [2.75, 3.05) is 18.6 Å². The van der Waals surface area contributed by atoms with E-state index >= 15 is 0 Å². The molecule has 2 heterocycles. The lowest BCUT2D eigenvalue weighted by Gasteiger charge is -2.35. The van der Waals surface area contributed by atoms with Gasteiger partial charge in [0.05, 0.1) is 19.3 Å². The lowest BCUT2D eigenvalue weighted by Crippen LogP contribution is -2.41. The van der Waals surface area contributed by atoms with Gasteiger partial charge < -0.3 is 4.74 Å². The molecule has 0 spiro atoms. The quantitative estimate of drug-likeness (QED) is 0.305. The molecule has 0 saturated heterocycles. The smallest absolute Gasteiger partial charge is 0.231 e. The van der Waals surface area contributed by atoms with Gasteiger partial charge in [0.1, 0.15) is 11.6 Å². The summed E-state index contributed by atoms with van der Waals surface area (Å²) in [7, 11) is 1.74. The number of aryl methyl sites for hydroxylation is 1. The van der Waals surface area contributed by atoms with Gasteiger partial charge in [-0.15, -0.1) is 0 Å². The maximum absolute atomic E-state index is 14.0. The van der Waals surface area contributed by atoms with E-state index in [1.807, 2.05) is 23.4 Å². The molecule has 6 heteroatoms. The third kappa shape index (κ3) is 5.90. The first-order chi connectivity index (χ1) is 19.1. The second kappa shape index (κ2) is 11.5. The zero-order chi connectivity index (χ0) is 26.8. The highest BCUT2D eigenvalue weighted by Crippen LogP contribution is 2.39. The largest absolute Gasteiger partial charge is 0.496 e. The predicted octanol–water partition coefficient (Wildman–Crippen LogP) is 7.48. The van der Waals surface area contributed by atoms with Gasteiger partial charge in [-0.2, -0.15) is 5.10 Å². The van der Waals surface area contributed by atoms with E-state index in [0.717, 1.165) is 80.6 Å². The van der Waals surface area contributed by atoms with Crippen LogP contribution in [0.3, 0.4) is 0 Å². The molecule has 206 valence electrons. The summed E-state index contributed by atoms with van der Waals surface area (Å²) in [6.07, 6.45) is 18.6. The number of hydrogen-bond donors (Lipinski definition) is 0. The highest BCUT2D eigenvalue weighted by molar-refractivity contribution is 5.94. The van der Waals surface area contributed by atoms with E-state index in [9.17, 15) is 4.79 Å². The SMILES string of the molecule is COc1ccc([C@H]2CC[C@H](CN(C(=O)C3CCCCC3)c3cc(-c4cnn(C5CC5)c4)ccn3)CC2)cc1C. The molecule has 2 aromatic heterocycles. The molecule has 6 rings (SSSR count). The summed E-state index contributed by atoms with van der Waals surface area (Å²) in [5, 5.41) is 4.59. The molecule has 6 nitrogen and oxygen atoms in total. The number of pyridine rings is 1. The molecule has 3 aliphatic rings. The van der Waals surface area contributed by atoms with Crippen molar-refractivity contribution in [2.45, 2.75) is 89.5 Å². The molecular formula is C33H42N4O2. The normalized spacial score (nSPS) is 22.0. The predicted molar refractivity (Wildman–Crippen MR) is 155 cm³/mol. The number of hydrogen-bond acceptors (Lipinski definition) is 4. The van der Waals surface area contributed by atoms with Crippen LogP contribution in [0.2, 0.25) is 0 Å². The van der Waals surface area contributed by atoms with Gasteiger partial charge >= 0.3 is 0 Å². The highest BCUT2D eigenvalue weighted by atomic mass is 16.5. The van der Waals surface area contributed by atoms with Gasteiger partial charge in [-0.25, -0.2) is 4.98 Å². The minimum atomic E-state index is 0.125. The molecule has 1 aromatic carbocycles. The molecule has 39 heavy (non-hydrogen) atoms. The van der Waals surface area contributed by atoms with Crippen molar-refractivity contribution in [3.8, 4) is 16.9 Å². The van der Waals surface area contributed by atoms with Crippen LogP contribution in [-0.4, -0.2) is 34.3 Å². The molecule has 0 aliphatic heterocycles. The Morgan fingerprint density at radius 2 is 1.77 bits per heavy atom. The van der Waals surface area contributed by atoms with Gasteiger partial charge in [-0.05, 0) is 105 Å². The van der Waals surface area contributed by atoms with Gasteiger partial charge in [-0.3, -0.25) is 14.4 Å². The number of ether oxygens (including phenoxy) is 1. The van der Waals surface area contributed by atoms with Gasteiger partial charge in [0.25, 0.3) is 0 Å². The number of rotatable bonds is 8. The van der Waals surface area contributed by atoms with Crippen molar-refractivity contribution in [2.24, 2.45) is 11.8 Å². The number of benzene rings is 1. The molecule has 3 saturated carbocycles. The standard InChI is InChI=1S/C33H42N4O2/c1-23-18-27(12-15-31(23)39-2)25-10-8-24(9-11-25)21-36(33(38)26-6-4-3-5-7-26)32-19-28(16-17-34-32)29-20-35-37(22-29)30-13-14-30/h12,15-20,22,24-26,30H,3-11,13-14,21H2,1-2H3/t24-,25-. The van der Waals surface area contributed by atoms with E-state index in [2.05, 4.69) is 47.2 Å². The third-order valence-corrected chi connectivity index (χ3v) is 9.28. The maximum Gasteiger partial charge on any atom is 0.231 e. The topological polar surface area (TPSA) is 60.2 Å². The molecule has 0 radical (unpaired) electrons. The minimum absolute atomic E-state index is 0.125. The highest BCUT2D eigenvalue weighted by Gasteiger charge is 2.32. The fourth-order valence-corrected chi connectivity index (χ4v) is 6.73. The van der Waals surface area contributed by atoms with E-state index in [4.69, 9.17) is 9.72 Å². The number of carbonyl (C=O) groups excluding carboxylic acids is 1. The summed E-state index contributed by atoms with van der Waals surface area (Å²) in [4.78, 5) is 20.8. The summed E-state index contributed by atoms with van der Waals surface area (Å²) in [6.45, 7) is 2.89. The second-order valence-electron chi connectivity index (χ2n) is 12.1. The molecule has 0 atom stereocenters. The Balaban J connectivity index is 1.19. The average molecular weight is 527 g/mol. The Labute approximate surface area is 232 Å². The zero-order valence-corrected chi connectivity index (χ0v) is 23.5. The summed E-state index contributed by atoms with van der Waals surface area (Å²) in [5.41, 5.74) is 4.82.